The summed E-state index contributed by atoms with van der Waals surface area (Å²) in [6.07, 6.45) is -6.19. The Bertz CT molecular complexity index is 239. The molecule has 1 rings (SSSR count). The van der Waals surface area contributed by atoms with Crippen LogP contribution in [0, 0.1) is 0 Å². The van der Waals surface area contributed by atoms with Gasteiger partial charge >= 0.3 is 0 Å². The summed E-state index contributed by atoms with van der Waals surface area (Å²) in [5, 5.41) is 39.4. The molecule has 0 radical (unpaired) electrons. The van der Waals surface area contributed by atoms with Crippen molar-refractivity contribution in [1.29, 1.82) is 0 Å². The summed E-state index contributed by atoms with van der Waals surface area (Å²) >= 11 is 4.54. The van der Waals surface area contributed by atoms with E-state index in [2.05, 4.69) is 17.5 Å². The second-order valence-corrected chi connectivity index (χ2v) is 3.70. The van der Waals surface area contributed by atoms with Crippen molar-refractivity contribution in [3.63, 3.8) is 0 Å². The number of thiocarbonyl (C=S) groups is 1. The Morgan fingerprint density at radius 2 is 1.87 bits per heavy atom. The van der Waals surface area contributed by atoms with Crippen LogP contribution in [0.15, 0.2) is 0 Å². The summed E-state index contributed by atoms with van der Waals surface area (Å²) in [5.41, 5.74) is 5.18. The standard InChI is InChI=1S/C7H14N2O5S/c8-7(15)9-6-5(13)4(12)3(11)2(1-10)14-6/h2-6,10-13H,1H2,(H3,8,9,15)/t2-,3-,4+,5-,6?/m0/s1. The van der Waals surface area contributed by atoms with Crippen LogP contribution in [0.25, 0.3) is 0 Å². The summed E-state index contributed by atoms with van der Waals surface area (Å²) in [6.45, 7) is -0.486. The van der Waals surface area contributed by atoms with Gasteiger partial charge < -0.3 is 36.2 Å². The molecule has 1 unspecified atom stereocenters. The quantitative estimate of drug-likeness (QED) is 0.275. The summed E-state index contributed by atoms with van der Waals surface area (Å²) in [7, 11) is 0. The molecule has 0 aromatic heterocycles. The summed E-state index contributed by atoms with van der Waals surface area (Å²) in [5.74, 6) is 0. The van der Waals surface area contributed by atoms with Gasteiger partial charge in [-0.05, 0) is 12.2 Å². The lowest BCUT2D eigenvalue weighted by Gasteiger charge is -2.40. The lowest BCUT2D eigenvalue weighted by molar-refractivity contribution is -0.232. The Hall–Kier alpha value is -0.510. The van der Waals surface area contributed by atoms with E-state index < -0.39 is 37.3 Å². The van der Waals surface area contributed by atoms with E-state index in [0.717, 1.165) is 0 Å². The number of rotatable bonds is 2. The van der Waals surface area contributed by atoms with Crippen molar-refractivity contribution < 1.29 is 25.2 Å². The topological polar surface area (TPSA) is 128 Å². The lowest BCUT2D eigenvalue weighted by Crippen LogP contribution is -2.63. The van der Waals surface area contributed by atoms with Gasteiger partial charge in [-0.15, -0.1) is 0 Å². The van der Waals surface area contributed by atoms with E-state index in [4.69, 9.17) is 15.6 Å². The molecule has 7 N–H and O–H groups in total. The minimum absolute atomic E-state index is 0.112. The number of hydrogen-bond donors (Lipinski definition) is 6. The molecule has 15 heavy (non-hydrogen) atoms. The van der Waals surface area contributed by atoms with Crippen molar-refractivity contribution in [1.82, 2.24) is 5.32 Å². The molecule has 0 bridgehead atoms. The molecule has 8 heteroatoms. The smallest absolute Gasteiger partial charge is 0.165 e. The van der Waals surface area contributed by atoms with Crippen LogP contribution in [0.1, 0.15) is 0 Å². The SMILES string of the molecule is NC(=S)NC1O[C@@H](CO)[C@H](O)[C@@H](O)[C@@H]1O. The van der Waals surface area contributed by atoms with E-state index in [-0.39, 0.29) is 5.11 Å². The van der Waals surface area contributed by atoms with Crippen LogP contribution in [0.2, 0.25) is 0 Å². The number of hydrogen-bond acceptors (Lipinski definition) is 6. The Morgan fingerprint density at radius 3 is 2.33 bits per heavy atom. The van der Waals surface area contributed by atoms with E-state index in [1.807, 2.05) is 0 Å². The molecule has 0 aromatic carbocycles. The first-order chi connectivity index (χ1) is 6.97. The molecule has 1 aliphatic heterocycles. The molecule has 0 spiro atoms. The van der Waals surface area contributed by atoms with Crippen LogP contribution in [-0.4, -0.2) is 62.8 Å². The van der Waals surface area contributed by atoms with E-state index >= 15 is 0 Å². The number of nitrogens with two attached hydrogens (primary N) is 1. The maximum absolute atomic E-state index is 9.48. The Kier molecular flexibility index (Phi) is 4.20. The molecule has 1 heterocycles. The Labute approximate surface area is 91.5 Å². The second kappa shape index (κ2) is 5.01. The molecular formula is C7H14N2O5S. The first kappa shape index (κ1) is 12.6. The highest BCUT2D eigenvalue weighted by Crippen LogP contribution is 2.19. The highest BCUT2D eigenvalue weighted by Gasteiger charge is 2.43. The number of aliphatic hydroxyl groups is 4. The van der Waals surface area contributed by atoms with E-state index in [0.29, 0.717) is 0 Å². The number of ether oxygens (including phenoxy) is 1. The third kappa shape index (κ3) is 2.74. The van der Waals surface area contributed by atoms with Crippen molar-refractivity contribution in [2.75, 3.05) is 6.61 Å². The van der Waals surface area contributed by atoms with E-state index in [9.17, 15) is 15.3 Å². The van der Waals surface area contributed by atoms with Crippen molar-refractivity contribution in [2.24, 2.45) is 5.73 Å². The van der Waals surface area contributed by atoms with Crippen LogP contribution < -0.4 is 11.1 Å². The van der Waals surface area contributed by atoms with Gasteiger partial charge in [-0.1, -0.05) is 0 Å². The summed E-state index contributed by atoms with van der Waals surface area (Å²) in [4.78, 5) is 0. The fourth-order valence-electron chi connectivity index (χ4n) is 1.36. The Balaban J connectivity index is 2.69. The van der Waals surface area contributed by atoms with Gasteiger partial charge in [0.1, 0.15) is 24.4 Å². The minimum atomic E-state index is -1.43. The summed E-state index contributed by atoms with van der Waals surface area (Å²) < 4.78 is 5.05. The van der Waals surface area contributed by atoms with Gasteiger partial charge in [0.15, 0.2) is 11.3 Å². The molecule has 1 fully saturated rings. The lowest BCUT2D eigenvalue weighted by atomic mass is 9.98. The highest BCUT2D eigenvalue weighted by atomic mass is 32.1. The maximum atomic E-state index is 9.48. The zero-order chi connectivity index (χ0) is 11.6. The fourth-order valence-corrected chi connectivity index (χ4v) is 1.48. The van der Waals surface area contributed by atoms with Crippen molar-refractivity contribution in [3.05, 3.63) is 0 Å². The number of aliphatic hydroxyl groups excluding tert-OH is 4. The normalized spacial score (nSPS) is 41.2. The van der Waals surface area contributed by atoms with Crippen molar-refractivity contribution >= 4 is 17.3 Å². The fraction of sp³-hybridized carbons (Fsp3) is 0.857. The molecule has 0 aromatic rings. The Morgan fingerprint density at radius 1 is 1.27 bits per heavy atom. The van der Waals surface area contributed by atoms with Crippen LogP contribution >= 0.6 is 12.2 Å². The van der Waals surface area contributed by atoms with Gasteiger partial charge in [0.25, 0.3) is 0 Å². The van der Waals surface area contributed by atoms with Gasteiger partial charge in [0, 0.05) is 0 Å². The van der Waals surface area contributed by atoms with Gasteiger partial charge in [-0.25, -0.2) is 0 Å². The molecule has 5 atom stereocenters. The number of nitrogens with one attached hydrogen (secondary N) is 1. The molecule has 0 aliphatic carbocycles. The maximum Gasteiger partial charge on any atom is 0.165 e. The highest BCUT2D eigenvalue weighted by molar-refractivity contribution is 7.80. The predicted octanol–water partition coefficient (Wildman–Crippen LogP) is -3.38. The van der Waals surface area contributed by atoms with Crippen LogP contribution in [0.5, 0.6) is 0 Å². The van der Waals surface area contributed by atoms with Crippen LogP contribution in [0.4, 0.5) is 0 Å². The van der Waals surface area contributed by atoms with Crippen LogP contribution in [-0.2, 0) is 4.74 Å². The molecule has 0 saturated carbocycles. The monoisotopic (exact) mass is 238 g/mol. The van der Waals surface area contributed by atoms with Crippen molar-refractivity contribution in [3.8, 4) is 0 Å². The van der Waals surface area contributed by atoms with Gasteiger partial charge in [0.05, 0.1) is 6.61 Å². The van der Waals surface area contributed by atoms with Gasteiger partial charge in [-0.3, -0.25) is 0 Å². The average Bonchev–Trinajstić information content (AvgIpc) is 2.18. The molecule has 1 saturated heterocycles. The van der Waals surface area contributed by atoms with Gasteiger partial charge in [-0.2, -0.15) is 0 Å². The molecule has 0 amide bonds. The van der Waals surface area contributed by atoms with Crippen molar-refractivity contribution in [2.45, 2.75) is 30.6 Å². The molecule has 1 aliphatic rings. The minimum Gasteiger partial charge on any atom is -0.394 e. The third-order valence-corrected chi connectivity index (χ3v) is 2.29. The first-order valence-electron chi connectivity index (χ1n) is 4.34. The predicted molar refractivity (Wildman–Crippen MR) is 53.7 cm³/mol. The molecular weight excluding hydrogens is 224 g/mol. The molecule has 7 nitrogen and oxygen atoms in total. The second-order valence-electron chi connectivity index (χ2n) is 3.26. The third-order valence-electron chi connectivity index (χ3n) is 2.18. The zero-order valence-electron chi connectivity index (χ0n) is 7.78. The average molecular weight is 238 g/mol. The zero-order valence-corrected chi connectivity index (χ0v) is 8.59. The van der Waals surface area contributed by atoms with E-state index in [1.165, 1.54) is 0 Å². The van der Waals surface area contributed by atoms with Crippen LogP contribution in [0.3, 0.4) is 0 Å². The largest absolute Gasteiger partial charge is 0.394 e. The summed E-state index contributed by atoms with van der Waals surface area (Å²) in [6, 6.07) is 0. The molecule has 88 valence electrons. The van der Waals surface area contributed by atoms with E-state index in [1.54, 1.807) is 0 Å². The first-order valence-corrected chi connectivity index (χ1v) is 4.74. The van der Waals surface area contributed by atoms with Gasteiger partial charge in [0.2, 0.25) is 0 Å².